The number of nitrogens with two attached hydrogens (primary N) is 1. The molecule has 0 unspecified atom stereocenters. The zero-order chi connectivity index (χ0) is 15.3. The maximum Gasteiger partial charge on any atom is 0.243 e. The van der Waals surface area contributed by atoms with Gasteiger partial charge in [0.1, 0.15) is 10.7 Å². The highest BCUT2D eigenvalue weighted by atomic mass is 79.9. The first-order valence-electron chi connectivity index (χ1n) is 6.10. The minimum absolute atomic E-state index is 0.0611. The van der Waals surface area contributed by atoms with Crippen molar-refractivity contribution in [2.45, 2.75) is 17.9 Å². The summed E-state index contributed by atoms with van der Waals surface area (Å²) >= 11 is 3.16. The van der Waals surface area contributed by atoms with E-state index in [1.165, 1.54) is 12.1 Å². The molecule has 8 heteroatoms. The Kier molecular flexibility index (Phi) is 6.53. The van der Waals surface area contributed by atoms with Gasteiger partial charge < -0.3 is 10.6 Å². The predicted molar refractivity (Wildman–Crippen MR) is 80.4 cm³/mol. The highest BCUT2D eigenvalue weighted by Crippen LogP contribution is 2.23. The van der Waals surface area contributed by atoms with Crippen LogP contribution in [0.2, 0.25) is 0 Å². The van der Waals surface area contributed by atoms with Crippen LogP contribution in [0.4, 0.5) is 4.39 Å². The van der Waals surface area contributed by atoms with Crippen LogP contribution < -0.4 is 10.5 Å². The second kappa shape index (κ2) is 7.46. The highest BCUT2D eigenvalue weighted by Gasteiger charge is 2.21. The van der Waals surface area contributed by atoms with Gasteiger partial charge in [-0.2, -0.15) is 0 Å². The average molecular weight is 368 g/mol. The van der Waals surface area contributed by atoms with E-state index < -0.39 is 15.8 Å². The Morgan fingerprint density at radius 3 is 2.60 bits per heavy atom. The molecule has 0 aliphatic carbocycles. The van der Waals surface area contributed by atoms with Crippen LogP contribution >= 0.6 is 15.9 Å². The fourth-order valence-corrected chi connectivity index (χ4v) is 3.52. The summed E-state index contributed by atoms with van der Waals surface area (Å²) < 4.78 is 41.1. The van der Waals surface area contributed by atoms with Crippen molar-refractivity contribution >= 4 is 26.0 Å². The fourth-order valence-electron chi connectivity index (χ4n) is 1.64. The number of hydrogen-bond donors (Lipinski definition) is 2. The summed E-state index contributed by atoms with van der Waals surface area (Å²) in [4.78, 5) is 1.57. The molecule has 1 rings (SSSR count). The lowest BCUT2D eigenvalue weighted by atomic mass is 10.2. The first kappa shape index (κ1) is 17.5. The largest absolute Gasteiger partial charge is 0.326 e. The summed E-state index contributed by atoms with van der Waals surface area (Å²) in [5.41, 5.74) is 5.57. The van der Waals surface area contributed by atoms with Crippen molar-refractivity contribution < 1.29 is 12.8 Å². The van der Waals surface area contributed by atoms with Gasteiger partial charge in [0, 0.05) is 23.1 Å². The molecule has 0 atom stereocenters. The maximum absolute atomic E-state index is 14.1. The lowest BCUT2D eigenvalue weighted by Crippen LogP contribution is -2.28. The van der Waals surface area contributed by atoms with Crippen LogP contribution in [0, 0.1) is 5.82 Å². The topological polar surface area (TPSA) is 75.4 Å². The summed E-state index contributed by atoms with van der Waals surface area (Å²) in [7, 11) is -0.0754. The van der Waals surface area contributed by atoms with Crippen molar-refractivity contribution in [3.05, 3.63) is 28.0 Å². The van der Waals surface area contributed by atoms with Crippen LogP contribution in [0.3, 0.4) is 0 Å². The van der Waals surface area contributed by atoms with E-state index in [2.05, 4.69) is 20.7 Å². The molecule has 114 valence electrons. The SMILES string of the molecule is CN(C)CCCNS(=O)(=O)c1cc(Br)cc(CN)c1F. The summed E-state index contributed by atoms with van der Waals surface area (Å²) in [5.74, 6) is -0.796. The second-order valence-corrected chi connectivity index (χ2v) is 7.29. The Morgan fingerprint density at radius 1 is 1.40 bits per heavy atom. The van der Waals surface area contributed by atoms with E-state index in [1.807, 2.05) is 19.0 Å². The Labute approximate surface area is 127 Å². The monoisotopic (exact) mass is 367 g/mol. The van der Waals surface area contributed by atoms with Crippen molar-refractivity contribution in [3.8, 4) is 0 Å². The van der Waals surface area contributed by atoms with Crippen molar-refractivity contribution in [1.82, 2.24) is 9.62 Å². The molecule has 1 aromatic rings. The third-order valence-electron chi connectivity index (χ3n) is 2.66. The van der Waals surface area contributed by atoms with Crippen molar-refractivity contribution in [3.63, 3.8) is 0 Å². The zero-order valence-corrected chi connectivity index (χ0v) is 13.9. The summed E-state index contributed by atoms with van der Waals surface area (Å²) in [5, 5.41) is 0. The lowest BCUT2D eigenvalue weighted by molar-refractivity contribution is 0.400. The Balaban J connectivity index is 2.90. The summed E-state index contributed by atoms with van der Waals surface area (Å²) in [6.07, 6.45) is 0.644. The predicted octanol–water partition coefficient (Wildman–Crippen LogP) is 1.28. The smallest absolute Gasteiger partial charge is 0.243 e. The highest BCUT2D eigenvalue weighted by molar-refractivity contribution is 9.10. The Bertz CT molecular complexity index is 564. The summed E-state index contributed by atoms with van der Waals surface area (Å²) in [6, 6.07) is 2.71. The molecule has 0 bridgehead atoms. The Hall–Kier alpha value is -0.540. The van der Waals surface area contributed by atoms with Crippen LogP contribution in [-0.2, 0) is 16.6 Å². The second-order valence-electron chi connectivity index (χ2n) is 4.64. The fraction of sp³-hybridized carbons (Fsp3) is 0.500. The maximum atomic E-state index is 14.1. The molecule has 0 fully saturated rings. The van der Waals surface area contributed by atoms with Gasteiger partial charge in [-0.15, -0.1) is 0 Å². The Morgan fingerprint density at radius 2 is 2.05 bits per heavy atom. The van der Waals surface area contributed by atoms with E-state index in [-0.39, 0.29) is 23.5 Å². The van der Waals surface area contributed by atoms with Gasteiger partial charge in [-0.3, -0.25) is 0 Å². The minimum atomic E-state index is -3.87. The third kappa shape index (κ3) is 4.78. The van der Waals surface area contributed by atoms with Crippen LogP contribution in [-0.4, -0.2) is 40.5 Å². The number of hydrogen-bond acceptors (Lipinski definition) is 4. The normalized spacial score (nSPS) is 12.1. The average Bonchev–Trinajstić information content (AvgIpc) is 2.36. The van der Waals surface area contributed by atoms with Gasteiger partial charge in [-0.05, 0) is 39.2 Å². The lowest BCUT2D eigenvalue weighted by Gasteiger charge is -2.12. The molecule has 0 saturated carbocycles. The minimum Gasteiger partial charge on any atom is -0.326 e. The molecule has 0 radical (unpaired) electrons. The van der Waals surface area contributed by atoms with E-state index in [0.29, 0.717) is 10.9 Å². The molecule has 1 aromatic carbocycles. The van der Waals surface area contributed by atoms with Gasteiger partial charge in [0.05, 0.1) is 0 Å². The standard InChI is InChI=1S/C12H19BrFN3O2S/c1-17(2)5-3-4-16-20(18,19)11-7-10(13)6-9(8-15)12(11)14/h6-7,16H,3-5,8,15H2,1-2H3. The van der Waals surface area contributed by atoms with E-state index in [4.69, 9.17) is 5.73 Å². The molecule has 0 spiro atoms. The number of benzene rings is 1. The number of halogens is 2. The van der Waals surface area contributed by atoms with Crippen LogP contribution in [0.1, 0.15) is 12.0 Å². The van der Waals surface area contributed by atoms with Gasteiger partial charge in [0.2, 0.25) is 10.0 Å². The molecule has 0 heterocycles. The van der Waals surface area contributed by atoms with Crippen molar-refractivity contribution in [1.29, 1.82) is 0 Å². The quantitative estimate of drug-likeness (QED) is 0.711. The molecule has 0 aromatic heterocycles. The molecule has 0 aliphatic rings. The first-order valence-corrected chi connectivity index (χ1v) is 8.38. The van der Waals surface area contributed by atoms with E-state index in [0.717, 1.165) is 6.54 Å². The number of nitrogens with zero attached hydrogens (tertiary/aromatic N) is 1. The molecule has 5 nitrogen and oxygen atoms in total. The molecular formula is C12H19BrFN3O2S. The van der Waals surface area contributed by atoms with Crippen LogP contribution in [0.15, 0.2) is 21.5 Å². The van der Waals surface area contributed by atoms with Crippen LogP contribution in [0.25, 0.3) is 0 Å². The first-order chi connectivity index (χ1) is 9.27. The van der Waals surface area contributed by atoms with Gasteiger partial charge >= 0.3 is 0 Å². The van der Waals surface area contributed by atoms with E-state index in [1.54, 1.807) is 0 Å². The van der Waals surface area contributed by atoms with Gasteiger partial charge in [-0.25, -0.2) is 17.5 Å². The number of sulfonamides is 1. The molecule has 0 amide bonds. The van der Waals surface area contributed by atoms with Gasteiger partial charge in [0.15, 0.2) is 0 Å². The molecular weight excluding hydrogens is 349 g/mol. The number of nitrogens with one attached hydrogen (secondary N) is 1. The molecule has 0 saturated heterocycles. The van der Waals surface area contributed by atoms with Gasteiger partial charge in [0.25, 0.3) is 0 Å². The molecule has 0 aliphatic heterocycles. The van der Waals surface area contributed by atoms with Crippen molar-refractivity contribution in [2.75, 3.05) is 27.2 Å². The van der Waals surface area contributed by atoms with E-state index >= 15 is 0 Å². The van der Waals surface area contributed by atoms with Crippen molar-refractivity contribution in [2.24, 2.45) is 5.73 Å². The van der Waals surface area contributed by atoms with E-state index in [9.17, 15) is 12.8 Å². The number of rotatable bonds is 7. The summed E-state index contributed by atoms with van der Waals surface area (Å²) in [6.45, 7) is 0.941. The zero-order valence-electron chi connectivity index (χ0n) is 11.5. The third-order valence-corrected chi connectivity index (χ3v) is 4.58. The molecule has 20 heavy (non-hydrogen) atoms. The van der Waals surface area contributed by atoms with Crippen LogP contribution in [0.5, 0.6) is 0 Å². The molecule has 3 N–H and O–H groups in total. The van der Waals surface area contributed by atoms with Gasteiger partial charge in [-0.1, -0.05) is 15.9 Å².